The van der Waals surface area contributed by atoms with Gasteiger partial charge in [-0.15, -0.1) is 11.6 Å². The Morgan fingerprint density at radius 3 is 2.71 bits per heavy atom. The molecule has 0 unspecified atom stereocenters. The van der Waals surface area contributed by atoms with Crippen molar-refractivity contribution in [2.75, 3.05) is 5.88 Å². The van der Waals surface area contributed by atoms with E-state index in [4.69, 9.17) is 39.5 Å². The van der Waals surface area contributed by atoms with Gasteiger partial charge in [0.25, 0.3) is 0 Å². The van der Waals surface area contributed by atoms with Crippen LogP contribution in [0.15, 0.2) is 36.4 Å². The molecule has 1 nitrogen and oxygen atoms in total. The molecule has 0 aliphatic carbocycles. The highest BCUT2D eigenvalue weighted by Crippen LogP contribution is 2.27. The SMILES string of the molecule is Fc1cc(C#CCCl)cc(OCc2cccc(Cl)c2Cl)c1. The van der Waals surface area contributed by atoms with Crippen molar-refractivity contribution in [1.29, 1.82) is 0 Å². The predicted molar refractivity (Wildman–Crippen MR) is 84.8 cm³/mol. The van der Waals surface area contributed by atoms with Gasteiger partial charge in [0.2, 0.25) is 0 Å². The van der Waals surface area contributed by atoms with E-state index in [0.717, 1.165) is 5.56 Å². The van der Waals surface area contributed by atoms with E-state index < -0.39 is 5.82 Å². The van der Waals surface area contributed by atoms with Crippen LogP contribution < -0.4 is 4.74 Å². The van der Waals surface area contributed by atoms with Crippen LogP contribution in [0, 0.1) is 17.7 Å². The molecule has 0 spiro atoms. The van der Waals surface area contributed by atoms with E-state index in [1.54, 1.807) is 24.3 Å². The molecule has 0 radical (unpaired) electrons. The first kappa shape index (κ1) is 16.0. The molecule has 0 saturated carbocycles. The molecule has 0 amide bonds. The van der Waals surface area contributed by atoms with Crippen LogP contribution in [0.3, 0.4) is 0 Å². The lowest BCUT2D eigenvalue weighted by atomic mass is 10.2. The number of ether oxygens (including phenoxy) is 1. The molecule has 0 fully saturated rings. The molecule has 0 saturated heterocycles. The molecule has 21 heavy (non-hydrogen) atoms. The van der Waals surface area contributed by atoms with Gasteiger partial charge in [-0.1, -0.05) is 47.2 Å². The maximum absolute atomic E-state index is 13.5. The molecule has 0 heterocycles. The molecular weight excluding hydrogens is 334 g/mol. The highest BCUT2D eigenvalue weighted by molar-refractivity contribution is 6.42. The lowest BCUT2D eigenvalue weighted by molar-refractivity contribution is 0.304. The van der Waals surface area contributed by atoms with Crippen molar-refractivity contribution in [2.24, 2.45) is 0 Å². The van der Waals surface area contributed by atoms with Gasteiger partial charge in [-0.25, -0.2) is 4.39 Å². The second kappa shape index (κ2) is 7.56. The average Bonchev–Trinajstić information content (AvgIpc) is 2.46. The van der Waals surface area contributed by atoms with Gasteiger partial charge in [0, 0.05) is 17.2 Å². The molecule has 0 N–H and O–H groups in total. The number of hydrogen-bond acceptors (Lipinski definition) is 1. The van der Waals surface area contributed by atoms with Crippen LogP contribution in [0.1, 0.15) is 11.1 Å². The molecular formula is C16H10Cl3FO. The first-order valence-corrected chi connectivity index (χ1v) is 7.30. The van der Waals surface area contributed by atoms with E-state index in [9.17, 15) is 4.39 Å². The fraction of sp³-hybridized carbons (Fsp3) is 0.125. The van der Waals surface area contributed by atoms with E-state index in [2.05, 4.69) is 11.8 Å². The second-order valence-electron chi connectivity index (χ2n) is 4.11. The zero-order chi connectivity index (χ0) is 15.2. The van der Waals surface area contributed by atoms with E-state index in [1.165, 1.54) is 12.1 Å². The largest absolute Gasteiger partial charge is 0.489 e. The fourth-order valence-corrected chi connectivity index (χ4v) is 2.12. The average molecular weight is 344 g/mol. The Balaban J connectivity index is 2.16. The summed E-state index contributed by atoms with van der Waals surface area (Å²) in [6, 6.07) is 9.50. The van der Waals surface area contributed by atoms with Gasteiger partial charge in [-0.2, -0.15) is 0 Å². The standard InChI is InChI=1S/C16H10Cl3FO/c17-6-2-3-11-7-13(20)9-14(8-11)21-10-12-4-1-5-15(18)16(12)19/h1,4-5,7-9H,6,10H2. The van der Waals surface area contributed by atoms with Gasteiger partial charge in [-0.3, -0.25) is 0 Å². The monoisotopic (exact) mass is 342 g/mol. The minimum Gasteiger partial charge on any atom is -0.489 e. The Labute approximate surface area is 137 Å². The highest BCUT2D eigenvalue weighted by Gasteiger charge is 2.06. The highest BCUT2D eigenvalue weighted by atomic mass is 35.5. The van der Waals surface area contributed by atoms with Crippen molar-refractivity contribution in [3.05, 3.63) is 63.4 Å². The van der Waals surface area contributed by atoms with Crippen molar-refractivity contribution >= 4 is 34.8 Å². The van der Waals surface area contributed by atoms with Crippen molar-refractivity contribution in [3.8, 4) is 17.6 Å². The van der Waals surface area contributed by atoms with E-state index in [0.29, 0.717) is 21.4 Å². The molecule has 2 aromatic carbocycles. The van der Waals surface area contributed by atoms with Gasteiger partial charge >= 0.3 is 0 Å². The van der Waals surface area contributed by atoms with Crippen LogP contribution in [0.4, 0.5) is 4.39 Å². The molecule has 108 valence electrons. The summed E-state index contributed by atoms with van der Waals surface area (Å²) in [6.45, 7) is 0.186. The van der Waals surface area contributed by atoms with Crippen molar-refractivity contribution in [1.82, 2.24) is 0 Å². The van der Waals surface area contributed by atoms with Gasteiger partial charge in [-0.05, 0) is 18.2 Å². The van der Waals surface area contributed by atoms with Crippen LogP contribution in [-0.4, -0.2) is 5.88 Å². The molecule has 0 atom stereocenters. The van der Waals surface area contributed by atoms with Crippen LogP contribution >= 0.6 is 34.8 Å². The zero-order valence-corrected chi connectivity index (χ0v) is 13.1. The van der Waals surface area contributed by atoms with Crippen molar-refractivity contribution < 1.29 is 9.13 Å². The Kier molecular flexibility index (Phi) is 5.76. The summed E-state index contributed by atoms with van der Waals surface area (Å²) in [5, 5.41) is 0.878. The summed E-state index contributed by atoms with van der Waals surface area (Å²) in [7, 11) is 0. The number of halogens is 4. The molecule has 5 heteroatoms. The molecule has 0 aliphatic rings. The lowest BCUT2D eigenvalue weighted by Crippen LogP contribution is -1.97. The summed E-state index contributed by atoms with van der Waals surface area (Å²) >= 11 is 17.5. The van der Waals surface area contributed by atoms with Gasteiger partial charge < -0.3 is 4.74 Å². The Morgan fingerprint density at radius 2 is 1.95 bits per heavy atom. The number of alkyl halides is 1. The lowest BCUT2D eigenvalue weighted by Gasteiger charge is -2.09. The summed E-state index contributed by atoms with van der Waals surface area (Å²) < 4.78 is 19.0. The first-order valence-electron chi connectivity index (χ1n) is 6.01. The number of rotatable bonds is 3. The van der Waals surface area contributed by atoms with E-state index in [1.807, 2.05) is 0 Å². The van der Waals surface area contributed by atoms with Crippen LogP contribution in [0.25, 0.3) is 0 Å². The van der Waals surface area contributed by atoms with Gasteiger partial charge in [0.05, 0.1) is 15.9 Å². The van der Waals surface area contributed by atoms with Gasteiger partial charge in [0.15, 0.2) is 0 Å². The Bertz CT molecular complexity index is 704. The molecule has 2 aromatic rings. The Hall–Kier alpha value is -1.40. The summed E-state index contributed by atoms with van der Waals surface area (Å²) in [5.41, 5.74) is 1.23. The topological polar surface area (TPSA) is 9.23 Å². The van der Waals surface area contributed by atoms with E-state index in [-0.39, 0.29) is 12.5 Å². The fourth-order valence-electron chi connectivity index (χ4n) is 1.67. The van der Waals surface area contributed by atoms with E-state index >= 15 is 0 Å². The molecule has 2 rings (SSSR count). The molecule has 0 aliphatic heterocycles. The zero-order valence-electron chi connectivity index (χ0n) is 10.8. The normalized spacial score (nSPS) is 9.90. The maximum Gasteiger partial charge on any atom is 0.128 e. The number of benzene rings is 2. The third-order valence-electron chi connectivity index (χ3n) is 2.60. The summed E-state index contributed by atoms with van der Waals surface area (Å²) in [6.07, 6.45) is 0. The summed E-state index contributed by atoms with van der Waals surface area (Å²) in [5.74, 6) is 5.53. The predicted octanol–water partition coefficient (Wildman–Crippen LogP) is 5.30. The maximum atomic E-state index is 13.5. The van der Waals surface area contributed by atoms with Crippen molar-refractivity contribution in [2.45, 2.75) is 6.61 Å². The minimum atomic E-state index is -0.427. The van der Waals surface area contributed by atoms with Crippen molar-refractivity contribution in [3.63, 3.8) is 0 Å². The van der Waals surface area contributed by atoms with Gasteiger partial charge in [0.1, 0.15) is 18.2 Å². The smallest absolute Gasteiger partial charge is 0.128 e. The summed E-state index contributed by atoms with van der Waals surface area (Å²) in [4.78, 5) is 0. The minimum absolute atomic E-state index is 0.185. The Morgan fingerprint density at radius 1 is 1.14 bits per heavy atom. The third kappa shape index (κ3) is 4.54. The van der Waals surface area contributed by atoms with Crippen LogP contribution in [-0.2, 0) is 6.61 Å². The second-order valence-corrected chi connectivity index (χ2v) is 5.17. The molecule has 0 bridgehead atoms. The van der Waals surface area contributed by atoms with Crippen LogP contribution in [0.2, 0.25) is 10.0 Å². The quantitative estimate of drug-likeness (QED) is 0.542. The molecule has 0 aromatic heterocycles. The third-order valence-corrected chi connectivity index (χ3v) is 3.59. The first-order chi connectivity index (χ1) is 10.1. The van der Waals surface area contributed by atoms with Crippen LogP contribution in [0.5, 0.6) is 5.75 Å². The number of hydrogen-bond donors (Lipinski definition) is 0.